The average Bonchev–Trinajstić information content (AvgIpc) is 3.50. The molecule has 2 saturated heterocycles. The molecule has 0 bridgehead atoms. The first-order chi connectivity index (χ1) is 16.6. The molecule has 7 heteroatoms. The standard InChI is InChI=1S/C27H31N3O4/c1-27(17-32-16-15-30-14-8-13-22(30)31)18-33-26(34-19-27)25-28-23(20-9-4-2-5-10-20)24(29-25)21-11-6-3-7-12-21/h2-7,9-12,26H,8,13-19H2,1H3,(H,28,29)/t26-,27-. The predicted molar refractivity (Wildman–Crippen MR) is 129 cm³/mol. The van der Waals surface area contributed by atoms with Gasteiger partial charge in [0.2, 0.25) is 12.2 Å². The summed E-state index contributed by atoms with van der Waals surface area (Å²) in [5.74, 6) is 0.887. The number of benzene rings is 2. The number of nitrogens with one attached hydrogen (secondary N) is 1. The van der Waals surface area contributed by atoms with E-state index in [2.05, 4.69) is 36.2 Å². The van der Waals surface area contributed by atoms with Crippen LogP contribution in [0.5, 0.6) is 0 Å². The van der Waals surface area contributed by atoms with Gasteiger partial charge in [-0.05, 0) is 6.42 Å². The van der Waals surface area contributed by atoms with Crippen LogP contribution in [-0.2, 0) is 19.0 Å². The highest BCUT2D eigenvalue weighted by molar-refractivity contribution is 5.78. The van der Waals surface area contributed by atoms with Crippen molar-refractivity contribution in [2.45, 2.75) is 26.1 Å². The fraction of sp³-hybridized carbons (Fsp3) is 0.407. The summed E-state index contributed by atoms with van der Waals surface area (Å²) in [6, 6.07) is 20.3. The number of ether oxygens (including phenoxy) is 3. The summed E-state index contributed by atoms with van der Waals surface area (Å²) in [4.78, 5) is 21.9. The van der Waals surface area contributed by atoms with E-state index in [9.17, 15) is 4.79 Å². The first kappa shape index (κ1) is 22.8. The van der Waals surface area contributed by atoms with Gasteiger partial charge in [-0.25, -0.2) is 4.98 Å². The van der Waals surface area contributed by atoms with Crippen LogP contribution in [0.2, 0.25) is 0 Å². The van der Waals surface area contributed by atoms with Crippen LogP contribution in [-0.4, -0.2) is 60.3 Å². The van der Waals surface area contributed by atoms with Crippen molar-refractivity contribution in [3.8, 4) is 22.5 Å². The maximum Gasteiger partial charge on any atom is 0.222 e. The molecule has 0 saturated carbocycles. The van der Waals surface area contributed by atoms with E-state index in [4.69, 9.17) is 19.2 Å². The molecule has 2 aromatic carbocycles. The van der Waals surface area contributed by atoms with E-state index in [1.165, 1.54) is 0 Å². The van der Waals surface area contributed by atoms with Gasteiger partial charge in [0.15, 0.2) is 5.82 Å². The van der Waals surface area contributed by atoms with E-state index >= 15 is 0 Å². The van der Waals surface area contributed by atoms with Crippen LogP contribution < -0.4 is 0 Å². The first-order valence-electron chi connectivity index (χ1n) is 11.9. The molecule has 2 aliphatic heterocycles. The molecule has 2 fully saturated rings. The van der Waals surface area contributed by atoms with Crippen molar-refractivity contribution in [2.75, 3.05) is 39.5 Å². The summed E-state index contributed by atoms with van der Waals surface area (Å²) in [5.41, 5.74) is 3.67. The zero-order valence-corrected chi connectivity index (χ0v) is 19.5. The summed E-state index contributed by atoms with van der Waals surface area (Å²) in [7, 11) is 0. The van der Waals surface area contributed by atoms with Crippen molar-refractivity contribution in [3.05, 3.63) is 66.5 Å². The Hall–Kier alpha value is -3.00. The zero-order valence-electron chi connectivity index (χ0n) is 19.5. The largest absolute Gasteiger partial charge is 0.379 e. The molecule has 5 rings (SSSR count). The van der Waals surface area contributed by atoms with Gasteiger partial charge in [0, 0.05) is 36.1 Å². The quantitative estimate of drug-likeness (QED) is 0.502. The van der Waals surface area contributed by atoms with Crippen molar-refractivity contribution in [1.29, 1.82) is 0 Å². The second kappa shape index (κ2) is 10.1. The normalized spacial score (nSPS) is 22.9. The lowest BCUT2D eigenvalue weighted by atomic mass is 9.93. The molecule has 0 unspecified atom stereocenters. The number of carbonyl (C=O) groups is 1. The van der Waals surface area contributed by atoms with Gasteiger partial charge in [-0.1, -0.05) is 67.6 Å². The number of imidazole rings is 1. The number of nitrogens with zero attached hydrogens (tertiary/aromatic N) is 2. The van der Waals surface area contributed by atoms with Gasteiger partial charge >= 0.3 is 0 Å². The highest BCUT2D eigenvalue weighted by Crippen LogP contribution is 2.35. The van der Waals surface area contributed by atoms with Crippen molar-refractivity contribution in [1.82, 2.24) is 14.9 Å². The van der Waals surface area contributed by atoms with E-state index in [0.717, 1.165) is 35.5 Å². The topological polar surface area (TPSA) is 76.7 Å². The number of aromatic amines is 1. The molecule has 0 aliphatic carbocycles. The van der Waals surface area contributed by atoms with Crippen LogP contribution >= 0.6 is 0 Å². The van der Waals surface area contributed by atoms with Crippen LogP contribution in [0, 0.1) is 5.41 Å². The fourth-order valence-electron chi connectivity index (χ4n) is 4.44. The van der Waals surface area contributed by atoms with Crippen LogP contribution in [0.4, 0.5) is 0 Å². The molecule has 178 valence electrons. The second-order valence-electron chi connectivity index (χ2n) is 9.38. The lowest BCUT2D eigenvalue weighted by Crippen LogP contribution is -2.41. The number of hydrogen-bond acceptors (Lipinski definition) is 5. The van der Waals surface area contributed by atoms with Gasteiger partial charge in [-0.2, -0.15) is 0 Å². The summed E-state index contributed by atoms with van der Waals surface area (Å²) in [6.45, 7) is 5.64. The summed E-state index contributed by atoms with van der Waals surface area (Å²) >= 11 is 0. The molecule has 0 atom stereocenters. The molecule has 2 aliphatic rings. The molecule has 3 aromatic rings. The zero-order chi connectivity index (χ0) is 23.4. The second-order valence-corrected chi connectivity index (χ2v) is 9.38. The first-order valence-corrected chi connectivity index (χ1v) is 11.9. The average molecular weight is 462 g/mol. The number of rotatable bonds is 8. The Morgan fingerprint density at radius 1 is 1.06 bits per heavy atom. The van der Waals surface area contributed by atoms with E-state index < -0.39 is 6.29 Å². The minimum absolute atomic E-state index is 0.227. The number of aromatic nitrogens is 2. The maximum atomic E-state index is 11.7. The summed E-state index contributed by atoms with van der Waals surface area (Å²) in [6.07, 6.45) is 1.05. The molecular weight excluding hydrogens is 430 g/mol. The maximum absolute atomic E-state index is 11.7. The lowest BCUT2D eigenvalue weighted by Gasteiger charge is -2.36. The molecular formula is C27H31N3O4. The molecule has 7 nitrogen and oxygen atoms in total. The third kappa shape index (κ3) is 5.06. The van der Waals surface area contributed by atoms with Gasteiger partial charge in [0.1, 0.15) is 0 Å². The predicted octanol–water partition coefficient (Wildman–Crippen LogP) is 4.43. The number of amides is 1. The third-order valence-corrected chi connectivity index (χ3v) is 6.35. The molecule has 34 heavy (non-hydrogen) atoms. The number of H-pyrrole nitrogens is 1. The van der Waals surface area contributed by atoms with E-state index in [0.29, 0.717) is 45.2 Å². The van der Waals surface area contributed by atoms with Crippen molar-refractivity contribution >= 4 is 5.91 Å². The van der Waals surface area contributed by atoms with Gasteiger partial charge in [0.25, 0.3) is 0 Å². The van der Waals surface area contributed by atoms with Crippen molar-refractivity contribution in [3.63, 3.8) is 0 Å². The van der Waals surface area contributed by atoms with Crippen LogP contribution in [0.3, 0.4) is 0 Å². The smallest absolute Gasteiger partial charge is 0.222 e. The molecule has 0 radical (unpaired) electrons. The Morgan fingerprint density at radius 3 is 2.38 bits per heavy atom. The Bertz CT molecular complexity index is 1030. The highest BCUT2D eigenvalue weighted by Gasteiger charge is 2.35. The van der Waals surface area contributed by atoms with Crippen LogP contribution in [0.25, 0.3) is 22.5 Å². The SMILES string of the molecule is C[C@]1(COCCN2CCCC2=O)CO[C@H](c2nc(-c3ccccc3)c(-c3ccccc3)[nH]2)OC1. The van der Waals surface area contributed by atoms with Crippen molar-refractivity contribution in [2.24, 2.45) is 5.41 Å². The highest BCUT2D eigenvalue weighted by atomic mass is 16.7. The monoisotopic (exact) mass is 461 g/mol. The minimum Gasteiger partial charge on any atom is -0.379 e. The molecule has 3 heterocycles. The number of carbonyl (C=O) groups excluding carboxylic acids is 1. The Kier molecular flexibility index (Phi) is 6.76. The van der Waals surface area contributed by atoms with E-state index in [1.807, 2.05) is 41.3 Å². The van der Waals surface area contributed by atoms with Gasteiger partial charge in [-0.3, -0.25) is 4.79 Å². The van der Waals surface area contributed by atoms with Crippen LogP contribution in [0.15, 0.2) is 60.7 Å². The Labute approximate surface area is 200 Å². The lowest BCUT2D eigenvalue weighted by molar-refractivity contribution is -0.242. The molecule has 0 spiro atoms. The Balaban J connectivity index is 1.23. The van der Waals surface area contributed by atoms with E-state index in [1.54, 1.807) is 0 Å². The van der Waals surface area contributed by atoms with Gasteiger partial charge in [-0.15, -0.1) is 0 Å². The number of likely N-dealkylation sites (tertiary alicyclic amines) is 1. The summed E-state index contributed by atoms with van der Waals surface area (Å²) in [5, 5.41) is 0. The third-order valence-electron chi connectivity index (χ3n) is 6.35. The Morgan fingerprint density at radius 2 is 1.74 bits per heavy atom. The molecule has 1 aromatic heterocycles. The van der Waals surface area contributed by atoms with Crippen LogP contribution in [0.1, 0.15) is 31.9 Å². The van der Waals surface area contributed by atoms with Gasteiger partial charge < -0.3 is 24.1 Å². The fourth-order valence-corrected chi connectivity index (χ4v) is 4.44. The van der Waals surface area contributed by atoms with E-state index in [-0.39, 0.29) is 11.3 Å². The molecule has 1 amide bonds. The summed E-state index contributed by atoms with van der Waals surface area (Å²) < 4.78 is 18.1. The molecule has 1 N–H and O–H groups in total. The minimum atomic E-state index is -0.560. The van der Waals surface area contributed by atoms with Crippen molar-refractivity contribution < 1.29 is 19.0 Å². The van der Waals surface area contributed by atoms with Gasteiger partial charge in [0.05, 0.1) is 37.8 Å². The number of hydrogen-bond donors (Lipinski definition) is 1.